The van der Waals surface area contributed by atoms with E-state index < -0.39 is 41.2 Å². The summed E-state index contributed by atoms with van der Waals surface area (Å²) in [7, 11) is 0. The Kier molecular flexibility index (Phi) is 10.5. The number of ether oxygens (including phenoxy) is 3. The van der Waals surface area contributed by atoms with Gasteiger partial charge in [-0.1, -0.05) is 48.7 Å². The van der Waals surface area contributed by atoms with E-state index in [2.05, 4.69) is 10.6 Å². The van der Waals surface area contributed by atoms with Gasteiger partial charge in [0.15, 0.2) is 0 Å². The first-order valence-corrected chi connectivity index (χ1v) is 16.8. The summed E-state index contributed by atoms with van der Waals surface area (Å²) < 4.78 is 17.0. The van der Waals surface area contributed by atoms with Crippen molar-refractivity contribution in [2.45, 2.75) is 102 Å². The van der Waals surface area contributed by atoms with Gasteiger partial charge in [-0.3, -0.25) is 9.59 Å². The van der Waals surface area contributed by atoms with E-state index in [1.54, 1.807) is 52.0 Å². The first-order chi connectivity index (χ1) is 22.4. The molecule has 0 bridgehead atoms. The van der Waals surface area contributed by atoms with Crippen molar-refractivity contribution in [3.8, 4) is 11.5 Å². The zero-order valence-corrected chi connectivity index (χ0v) is 28.2. The number of nitrogens with zero attached hydrogens (tertiary/aromatic N) is 1. The van der Waals surface area contributed by atoms with Gasteiger partial charge in [0.05, 0.1) is 6.61 Å². The van der Waals surface area contributed by atoms with Gasteiger partial charge in [0, 0.05) is 23.9 Å². The van der Waals surface area contributed by atoms with E-state index in [-0.39, 0.29) is 31.4 Å². The molecule has 2 N–H and O–H groups in total. The highest BCUT2D eigenvalue weighted by atomic mass is 35.5. The van der Waals surface area contributed by atoms with E-state index in [0.717, 1.165) is 30.4 Å². The third-order valence-electron chi connectivity index (χ3n) is 8.65. The molecule has 11 heteroatoms. The van der Waals surface area contributed by atoms with Crippen LogP contribution >= 0.6 is 11.6 Å². The molecule has 1 aliphatic carbocycles. The quantitative estimate of drug-likeness (QED) is 0.286. The minimum Gasteiger partial charge on any atom is -0.464 e. The van der Waals surface area contributed by atoms with E-state index >= 15 is 0 Å². The number of rotatable bonds is 5. The van der Waals surface area contributed by atoms with Gasteiger partial charge in [-0.15, -0.1) is 0 Å². The molecular formula is C36H44ClN3O7. The van der Waals surface area contributed by atoms with Crippen molar-refractivity contribution >= 4 is 35.5 Å². The van der Waals surface area contributed by atoms with Crippen molar-refractivity contribution in [2.24, 2.45) is 5.92 Å². The highest BCUT2D eigenvalue weighted by molar-refractivity contribution is 6.30. The third-order valence-corrected chi connectivity index (χ3v) is 8.88. The monoisotopic (exact) mass is 665 g/mol. The Labute approximate surface area is 281 Å². The summed E-state index contributed by atoms with van der Waals surface area (Å²) in [6.45, 7) is 7.32. The Balaban J connectivity index is 1.48. The van der Waals surface area contributed by atoms with Gasteiger partial charge >= 0.3 is 12.1 Å². The maximum atomic E-state index is 14.4. The number of hydrogen-bond acceptors (Lipinski definition) is 7. The summed E-state index contributed by atoms with van der Waals surface area (Å²) in [5.74, 6) is -0.398. The minimum absolute atomic E-state index is 0.131. The molecule has 1 saturated carbocycles. The lowest BCUT2D eigenvalue weighted by Crippen LogP contribution is -2.60. The molecule has 0 radical (unpaired) electrons. The number of carbonyl (C=O) groups is 4. The number of hydrogen-bond donors (Lipinski definition) is 2. The number of nitrogens with one attached hydrogen (secondary N) is 2. The fraction of sp³-hybridized carbons (Fsp3) is 0.500. The second kappa shape index (κ2) is 14.4. The Hall–Kier alpha value is -4.05. The van der Waals surface area contributed by atoms with E-state index in [1.807, 2.05) is 30.4 Å². The van der Waals surface area contributed by atoms with E-state index in [9.17, 15) is 19.2 Å². The fourth-order valence-electron chi connectivity index (χ4n) is 6.22. The third kappa shape index (κ3) is 8.46. The van der Waals surface area contributed by atoms with Gasteiger partial charge in [-0.05, 0) is 94.8 Å². The Morgan fingerprint density at radius 1 is 1.06 bits per heavy atom. The van der Waals surface area contributed by atoms with Crippen LogP contribution in [0, 0.1) is 5.92 Å². The predicted octanol–water partition coefficient (Wildman–Crippen LogP) is 6.24. The van der Waals surface area contributed by atoms with Crippen LogP contribution in [0.4, 0.5) is 4.79 Å². The first kappa shape index (κ1) is 34.3. The number of alkyl carbamates (subject to hydrolysis) is 1. The molecule has 2 aromatic rings. The highest BCUT2D eigenvalue weighted by Crippen LogP contribution is 2.46. The lowest BCUT2D eigenvalue weighted by atomic mass is 9.91. The molecule has 0 unspecified atom stereocenters. The molecular weight excluding hydrogens is 622 g/mol. The minimum atomic E-state index is -1.19. The van der Waals surface area contributed by atoms with Crippen LogP contribution in [-0.4, -0.2) is 58.6 Å². The standard InChI is InChI=1S/C36H44ClN3O7/c1-5-45-33(43)36-21-25(36)12-9-7-6-8-10-15-29(38-34(44)47-35(2,3)4)32(42)40-22-23-16-17-28(46-27-14-11-13-26(37)20-27)18-24(23)19-30(40)31(41)39-36/h9,11-14,16-18,20,25,29-30H,5-8,10,15,19,21-22H2,1-4H3,(H,38,44)(H,39,41)/b12-9-/t25-,29+,30+,36-/m1/s1. The fourth-order valence-corrected chi connectivity index (χ4v) is 6.40. The molecule has 1 fully saturated rings. The number of fused-ring (bicyclic) bond motifs is 3. The van der Waals surface area contributed by atoms with Crippen molar-refractivity contribution in [1.82, 2.24) is 15.5 Å². The molecule has 10 nitrogen and oxygen atoms in total. The number of allylic oxidation sites excluding steroid dienone is 1. The highest BCUT2D eigenvalue weighted by Gasteiger charge is 2.62. The average molecular weight is 666 g/mol. The molecule has 3 amide bonds. The molecule has 5 rings (SSSR count). The summed E-state index contributed by atoms with van der Waals surface area (Å²) in [5.41, 5.74) is -0.258. The van der Waals surface area contributed by atoms with E-state index in [0.29, 0.717) is 35.8 Å². The Bertz CT molecular complexity index is 1540. The van der Waals surface area contributed by atoms with Crippen molar-refractivity contribution < 1.29 is 33.4 Å². The summed E-state index contributed by atoms with van der Waals surface area (Å²) in [4.78, 5) is 56.2. The molecule has 252 valence electrons. The first-order valence-electron chi connectivity index (χ1n) is 16.4. The maximum absolute atomic E-state index is 14.4. The summed E-state index contributed by atoms with van der Waals surface area (Å²) in [6.07, 6.45) is 7.55. The summed E-state index contributed by atoms with van der Waals surface area (Å²) in [6, 6.07) is 10.8. The second-order valence-corrected chi connectivity index (χ2v) is 13.9. The van der Waals surface area contributed by atoms with Gasteiger partial charge < -0.3 is 29.7 Å². The predicted molar refractivity (Wildman–Crippen MR) is 177 cm³/mol. The van der Waals surface area contributed by atoms with Crippen LogP contribution in [0.2, 0.25) is 5.02 Å². The topological polar surface area (TPSA) is 123 Å². The Morgan fingerprint density at radius 3 is 2.60 bits per heavy atom. The molecule has 2 aliphatic heterocycles. The molecule has 0 aromatic heterocycles. The molecule has 0 saturated heterocycles. The van der Waals surface area contributed by atoms with Crippen molar-refractivity contribution in [1.29, 1.82) is 0 Å². The summed E-state index contributed by atoms with van der Waals surface area (Å²) >= 11 is 6.15. The van der Waals surface area contributed by atoms with E-state index in [1.165, 1.54) is 4.90 Å². The van der Waals surface area contributed by atoms with Gasteiger partial charge in [0.2, 0.25) is 11.8 Å². The lowest BCUT2D eigenvalue weighted by Gasteiger charge is -2.39. The number of benzene rings is 2. The van der Waals surface area contributed by atoms with Crippen LogP contribution in [0.3, 0.4) is 0 Å². The van der Waals surface area contributed by atoms with Crippen LogP contribution in [0.25, 0.3) is 0 Å². The van der Waals surface area contributed by atoms with E-state index in [4.69, 9.17) is 25.8 Å². The second-order valence-electron chi connectivity index (χ2n) is 13.4. The van der Waals surface area contributed by atoms with Crippen LogP contribution in [0.1, 0.15) is 77.3 Å². The lowest BCUT2D eigenvalue weighted by molar-refractivity contribution is -0.151. The number of carbonyl (C=O) groups excluding carboxylic acids is 4. The SMILES string of the molecule is CCOC(=O)[C@@]12C[C@H]1/C=C\CCCCC[C@H](NC(=O)OC(C)(C)C)C(=O)N1Cc3ccc(Oc4cccc(Cl)c4)cc3C[C@H]1C(=O)N2. The van der Waals surface area contributed by atoms with Crippen LogP contribution in [-0.2, 0) is 36.8 Å². The van der Waals surface area contributed by atoms with Gasteiger partial charge in [0.1, 0.15) is 34.7 Å². The maximum Gasteiger partial charge on any atom is 0.408 e. The van der Waals surface area contributed by atoms with Gasteiger partial charge in [-0.2, -0.15) is 0 Å². The zero-order chi connectivity index (χ0) is 33.8. The van der Waals surface area contributed by atoms with Gasteiger partial charge in [0.25, 0.3) is 0 Å². The summed E-state index contributed by atoms with van der Waals surface area (Å²) in [5, 5.41) is 6.33. The molecule has 3 aliphatic rings. The largest absolute Gasteiger partial charge is 0.464 e. The van der Waals surface area contributed by atoms with Gasteiger partial charge in [-0.25, -0.2) is 9.59 Å². The van der Waals surface area contributed by atoms with Crippen molar-refractivity contribution in [2.75, 3.05) is 6.61 Å². The molecule has 2 aromatic carbocycles. The molecule has 4 atom stereocenters. The van der Waals surface area contributed by atoms with Crippen molar-refractivity contribution in [3.05, 3.63) is 70.8 Å². The molecule has 2 heterocycles. The smallest absolute Gasteiger partial charge is 0.408 e. The molecule has 0 spiro atoms. The van der Waals surface area contributed by atoms with Crippen LogP contribution in [0.15, 0.2) is 54.6 Å². The number of esters is 1. The normalized spacial score (nSPS) is 25.4. The van der Waals surface area contributed by atoms with Crippen LogP contribution in [0.5, 0.6) is 11.5 Å². The average Bonchev–Trinajstić information content (AvgIpc) is 3.71. The number of amides is 3. The van der Waals surface area contributed by atoms with Crippen LogP contribution < -0.4 is 15.4 Å². The number of halogens is 1. The Morgan fingerprint density at radius 2 is 1.85 bits per heavy atom. The van der Waals surface area contributed by atoms with Crippen molar-refractivity contribution in [3.63, 3.8) is 0 Å². The zero-order valence-electron chi connectivity index (χ0n) is 27.5. The molecule has 47 heavy (non-hydrogen) atoms.